The van der Waals surface area contributed by atoms with Gasteiger partial charge in [-0.05, 0) is 65.5 Å². The third kappa shape index (κ3) is 3.65. The van der Waals surface area contributed by atoms with E-state index in [1.165, 1.54) is 6.07 Å². The van der Waals surface area contributed by atoms with Crippen molar-refractivity contribution in [1.82, 2.24) is 0 Å². The first-order valence-corrected chi connectivity index (χ1v) is 17.1. The largest absolute Gasteiger partial charge is 0.483 e. The molecule has 7 rings (SSSR count). The van der Waals surface area contributed by atoms with Crippen LogP contribution in [0.1, 0.15) is 98.3 Å². The average molecular weight is 716 g/mol. The highest BCUT2D eigenvalue weighted by molar-refractivity contribution is 9.08. The summed E-state index contributed by atoms with van der Waals surface area (Å²) < 4.78 is 36.7. The van der Waals surface area contributed by atoms with Gasteiger partial charge in [-0.15, -0.1) is 0 Å². The van der Waals surface area contributed by atoms with Crippen LogP contribution >= 0.6 is 15.9 Å². The molecule has 1 aromatic carbocycles. The van der Waals surface area contributed by atoms with Crippen molar-refractivity contribution in [1.29, 1.82) is 0 Å². The molecule has 1 aromatic heterocycles. The molecule has 0 spiro atoms. The fourth-order valence-electron chi connectivity index (χ4n) is 8.75. The molecular weight excluding hydrogens is 676 g/mol. The Hall–Kier alpha value is -3.41. The maximum Gasteiger partial charge on any atom is 0.351 e. The van der Waals surface area contributed by atoms with Gasteiger partial charge >= 0.3 is 29.5 Å². The molecule has 3 aliphatic heterocycles. The fourth-order valence-corrected chi connectivity index (χ4v) is 9.16. The number of benzene rings is 1. The Kier molecular flexibility index (Phi) is 6.42. The van der Waals surface area contributed by atoms with E-state index in [1.807, 2.05) is 27.7 Å². The number of rotatable bonds is 5. The predicted octanol–water partition coefficient (Wildman–Crippen LogP) is 5.60. The molecule has 47 heavy (non-hydrogen) atoms. The minimum atomic E-state index is -1.60. The van der Waals surface area contributed by atoms with E-state index in [0.717, 1.165) is 0 Å². The molecule has 2 saturated carbocycles. The standard InChI is InChI=1S/C35H39BrO11/c1-29(2)24(44-28(41)35-14-12-33(8,26(39)47-35)31(35,5)6)23(43-27(40)34-13-11-32(7,25(38)46-34)30(34,3)4)20-21-17(9-10-19(37)42-21)15-18(16-36)22(20)45-29/h9-10,15,23-24H,11-14,16H2,1-8H3/t23-,24-,32?,33?,34?,35?/m1/s1. The van der Waals surface area contributed by atoms with E-state index in [4.69, 9.17) is 28.1 Å². The van der Waals surface area contributed by atoms with Gasteiger partial charge in [-0.1, -0.05) is 43.6 Å². The fraction of sp³-hybridized carbons (Fsp3) is 0.629. The molecular formula is C35H39BrO11. The molecule has 5 aliphatic rings. The molecule has 2 aliphatic carbocycles. The number of hydrogen-bond acceptors (Lipinski definition) is 11. The molecule has 4 fully saturated rings. The number of ether oxygens (including phenoxy) is 5. The van der Waals surface area contributed by atoms with Crippen LogP contribution in [0.25, 0.3) is 11.0 Å². The molecule has 4 unspecified atom stereocenters. The van der Waals surface area contributed by atoms with Gasteiger partial charge in [0.25, 0.3) is 0 Å². The lowest BCUT2D eigenvalue weighted by atomic mass is 9.66. The van der Waals surface area contributed by atoms with Gasteiger partial charge in [0.1, 0.15) is 16.9 Å². The Balaban J connectivity index is 1.39. The maximum absolute atomic E-state index is 14.5. The van der Waals surface area contributed by atoms with Crippen molar-refractivity contribution < 1.29 is 47.3 Å². The van der Waals surface area contributed by atoms with Crippen LogP contribution in [0.4, 0.5) is 0 Å². The highest BCUT2D eigenvalue weighted by Crippen LogP contribution is 2.67. The Bertz CT molecular complexity index is 1860. The van der Waals surface area contributed by atoms with Crippen molar-refractivity contribution in [3.63, 3.8) is 0 Å². The second kappa shape index (κ2) is 9.39. The van der Waals surface area contributed by atoms with E-state index in [9.17, 15) is 24.0 Å². The molecule has 252 valence electrons. The zero-order valence-corrected chi connectivity index (χ0v) is 29.4. The minimum absolute atomic E-state index is 0.0993. The van der Waals surface area contributed by atoms with Crippen molar-refractivity contribution in [2.45, 2.75) is 115 Å². The van der Waals surface area contributed by atoms with Crippen molar-refractivity contribution >= 4 is 50.8 Å². The lowest BCUT2D eigenvalue weighted by molar-refractivity contribution is -0.217. The van der Waals surface area contributed by atoms with E-state index in [-0.39, 0.29) is 24.0 Å². The first-order chi connectivity index (χ1) is 21.7. The Labute approximate surface area is 280 Å². The Morgan fingerprint density at radius 2 is 1.32 bits per heavy atom. The first-order valence-electron chi connectivity index (χ1n) is 16.0. The molecule has 4 bridgehead atoms. The maximum atomic E-state index is 14.5. The molecule has 6 atom stereocenters. The average Bonchev–Trinajstić information content (AvgIpc) is 3.46. The summed E-state index contributed by atoms with van der Waals surface area (Å²) in [6, 6.07) is 4.68. The van der Waals surface area contributed by atoms with Gasteiger partial charge in [0.05, 0.1) is 16.4 Å². The van der Waals surface area contributed by atoms with Crippen LogP contribution in [0.2, 0.25) is 0 Å². The van der Waals surface area contributed by atoms with E-state index >= 15 is 0 Å². The van der Waals surface area contributed by atoms with Crippen LogP contribution in [0.15, 0.2) is 27.4 Å². The van der Waals surface area contributed by atoms with E-state index in [1.54, 1.807) is 39.8 Å². The summed E-state index contributed by atoms with van der Waals surface area (Å²) in [6.07, 6.45) is -1.33. The number of fused-ring (bicyclic) bond motifs is 7. The van der Waals surface area contributed by atoms with Crippen LogP contribution in [-0.4, -0.2) is 46.8 Å². The molecule has 2 aromatic rings. The Morgan fingerprint density at radius 3 is 1.79 bits per heavy atom. The number of carbonyl (C=O) groups excluding carboxylic acids is 4. The number of hydrogen-bond donors (Lipinski definition) is 0. The second-order valence-corrected chi connectivity index (χ2v) is 16.4. The summed E-state index contributed by atoms with van der Waals surface area (Å²) in [4.78, 5) is 67.6. The van der Waals surface area contributed by atoms with Crippen molar-refractivity contribution in [2.75, 3.05) is 0 Å². The highest BCUT2D eigenvalue weighted by Gasteiger charge is 2.78. The van der Waals surface area contributed by atoms with Gasteiger partial charge < -0.3 is 28.1 Å². The van der Waals surface area contributed by atoms with Gasteiger partial charge in [0.15, 0.2) is 12.2 Å². The summed E-state index contributed by atoms with van der Waals surface area (Å²) in [6.45, 7) is 14.2. The number of esters is 4. The monoisotopic (exact) mass is 714 g/mol. The zero-order valence-electron chi connectivity index (χ0n) is 27.8. The van der Waals surface area contributed by atoms with Gasteiger partial charge in [-0.25, -0.2) is 14.4 Å². The predicted molar refractivity (Wildman–Crippen MR) is 168 cm³/mol. The summed E-state index contributed by atoms with van der Waals surface area (Å²) in [5.74, 6) is -2.24. The van der Waals surface area contributed by atoms with E-state index in [2.05, 4.69) is 15.9 Å². The van der Waals surface area contributed by atoms with Gasteiger partial charge in [0, 0.05) is 33.2 Å². The second-order valence-electron chi connectivity index (χ2n) is 15.8. The normalized spacial score (nSPS) is 36.8. The molecule has 2 saturated heterocycles. The van der Waals surface area contributed by atoms with Crippen LogP contribution in [0.3, 0.4) is 0 Å². The first kappa shape index (κ1) is 32.2. The smallest absolute Gasteiger partial charge is 0.351 e. The quantitative estimate of drug-likeness (QED) is 0.165. The number of halogens is 1. The summed E-state index contributed by atoms with van der Waals surface area (Å²) in [7, 11) is 0. The van der Waals surface area contributed by atoms with Crippen LogP contribution in [0, 0.1) is 21.7 Å². The summed E-state index contributed by atoms with van der Waals surface area (Å²) >= 11 is 3.52. The van der Waals surface area contributed by atoms with Gasteiger partial charge in [0.2, 0.25) is 11.2 Å². The summed E-state index contributed by atoms with van der Waals surface area (Å²) in [5.41, 5.74) is -7.79. The van der Waals surface area contributed by atoms with Crippen molar-refractivity contribution in [3.05, 3.63) is 39.7 Å². The molecule has 4 heterocycles. The van der Waals surface area contributed by atoms with Crippen molar-refractivity contribution in [2.24, 2.45) is 21.7 Å². The van der Waals surface area contributed by atoms with Gasteiger partial charge in [-0.2, -0.15) is 0 Å². The molecule has 0 N–H and O–H groups in total. The van der Waals surface area contributed by atoms with Crippen LogP contribution < -0.4 is 10.4 Å². The lowest BCUT2D eigenvalue weighted by Gasteiger charge is -2.46. The zero-order chi connectivity index (χ0) is 34.3. The number of carbonyl (C=O) groups is 4. The van der Waals surface area contributed by atoms with Gasteiger partial charge in [-0.3, -0.25) is 9.59 Å². The topological polar surface area (TPSA) is 145 Å². The third-order valence-corrected chi connectivity index (χ3v) is 13.6. The Morgan fingerprint density at radius 1 is 0.787 bits per heavy atom. The lowest BCUT2D eigenvalue weighted by Crippen LogP contribution is -2.58. The van der Waals surface area contributed by atoms with Crippen LogP contribution in [0.5, 0.6) is 5.75 Å². The minimum Gasteiger partial charge on any atom is -0.483 e. The SMILES string of the molecule is CC1(C)Oc2c(CBr)cc3ccc(=O)oc3c2[C@@H](OC(=O)C23CCC(C)(C(=O)O2)C3(C)C)[C@H]1OC(=O)C12CCC(C)(C(=O)O1)C2(C)C. The van der Waals surface area contributed by atoms with E-state index in [0.29, 0.717) is 34.9 Å². The van der Waals surface area contributed by atoms with Crippen LogP contribution in [-0.2, 0) is 43.5 Å². The van der Waals surface area contributed by atoms with Crippen molar-refractivity contribution in [3.8, 4) is 5.75 Å². The highest BCUT2D eigenvalue weighted by atomic mass is 79.9. The number of alkyl halides is 1. The molecule has 0 amide bonds. The summed E-state index contributed by atoms with van der Waals surface area (Å²) in [5, 5.41) is 0.868. The molecule has 11 nitrogen and oxygen atoms in total. The molecule has 0 radical (unpaired) electrons. The van der Waals surface area contributed by atoms with E-state index < -0.39 is 80.2 Å². The molecule has 12 heteroatoms. The third-order valence-electron chi connectivity index (χ3n) is 13.0.